The molecule has 0 aliphatic carbocycles. The predicted molar refractivity (Wildman–Crippen MR) is 82.1 cm³/mol. The fourth-order valence-corrected chi connectivity index (χ4v) is 3.67. The number of aryl methyl sites for hydroxylation is 3. The summed E-state index contributed by atoms with van der Waals surface area (Å²) < 4.78 is 5.79. The largest absolute Gasteiger partial charge is 0.378 e. The summed E-state index contributed by atoms with van der Waals surface area (Å²) in [5.41, 5.74) is 5.28. The van der Waals surface area contributed by atoms with E-state index in [1.54, 1.807) is 0 Å². The molecular formula is C17H25ClO. The second-order valence-electron chi connectivity index (χ2n) is 5.85. The monoisotopic (exact) mass is 280 g/mol. The van der Waals surface area contributed by atoms with Gasteiger partial charge in [-0.2, -0.15) is 0 Å². The van der Waals surface area contributed by atoms with Crippen LogP contribution in [0, 0.1) is 20.8 Å². The molecular weight excluding hydrogens is 256 g/mol. The Hall–Kier alpha value is -0.530. The molecule has 0 saturated carbocycles. The van der Waals surface area contributed by atoms with Gasteiger partial charge in [0.15, 0.2) is 0 Å². The van der Waals surface area contributed by atoms with Gasteiger partial charge < -0.3 is 4.74 Å². The lowest BCUT2D eigenvalue weighted by Gasteiger charge is -2.24. The zero-order chi connectivity index (χ0) is 13.8. The van der Waals surface area contributed by atoms with Gasteiger partial charge >= 0.3 is 0 Å². The third-order valence-electron chi connectivity index (χ3n) is 4.07. The second-order valence-corrected chi connectivity index (χ2v) is 6.37. The summed E-state index contributed by atoms with van der Waals surface area (Å²) >= 11 is 6.63. The maximum atomic E-state index is 6.63. The van der Waals surface area contributed by atoms with Crippen molar-refractivity contribution in [2.24, 2.45) is 0 Å². The number of hydrogen-bond acceptors (Lipinski definition) is 1. The summed E-state index contributed by atoms with van der Waals surface area (Å²) in [7, 11) is 0. The number of alkyl halides is 1. The Balaban J connectivity index is 1.97. The van der Waals surface area contributed by atoms with Crippen molar-refractivity contribution < 1.29 is 4.74 Å². The Labute approximate surface area is 122 Å². The normalized spacial score (nSPS) is 21.4. The van der Waals surface area contributed by atoms with Gasteiger partial charge in [0.25, 0.3) is 0 Å². The van der Waals surface area contributed by atoms with Crippen LogP contribution in [-0.4, -0.2) is 12.7 Å². The van der Waals surface area contributed by atoms with Crippen LogP contribution in [0.15, 0.2) is 12.1 Å². The zero-order valence-electron chi connectivity index (χ0n) is 12.3. The predicted octanol–water partition coefficient (Wildman–Crippen LogP) is 5.24. The Morgan fingerprint density at radius 3 is 2.47 bits per heavy atom. The van der Waals surface area contributed by atoms with Gasteiger partial charge in [-0.15, -0.1) is 11.6 Å². The summed E-state index contributed by atoms with van der Waals surface area (Å²) in [5, 5.41) is 0.117. The quantitative estimate of drug-likeness (QED) is 0.685. The number of halogens is 1. The molecule has 1 nitrogen and oxygen atoms in total. The van der Waals surface area contributed by atoms with Crippen LogP contribution in [0.2, 0.25) is 0 Å². The third-order valence-corrected chi connectivity index (χ3v) is 4.50. The van der Waals surface area contributed by atoms with E-state index in [1.165, 1.54) is 41.5 Å². The summed E-state index contributed by atoms with van der Waals surface area (Å²) in [4.78, 5) is 0. The van der Waals surface area contributed by atoms with Crippen molar-refractivity contribution in [3.05, 3.63) is 34.4 Å². The van der Waals surface area contributed by atoms with Crippen LogP contribution < -0.4 is 0 Å². The van der Waals surface area contributed by atoms with Crippen LogP contribution in [0.3, 0.4) is 0 Å². The molecule has 0 spiro atoms. The Kier molecular flexibility index (Phi) is 5.29. The van der Waals surface area contributed by atoms with Crippen molar-refractivity contribution in [2.45, 2.75) is 64.4 Å². The van der Waals surface area contributed by atoms with E-state index in [0.717, 1.165) is 19.4 Å². The van der Waals surface area contributed by atoms with Gasteiger partial charge in [0.2, 0.25) is 0 Å². The molecule has 0 bridgehead atoms. The van der Waals surface area contributed by atoms with Crippen LogP contribution in [0.1, 0.15) is 59.7 Å². The third kappa shape index (κ3) is 3.97. The smallest absolute Gasteiger partial charge is 0.0591 e. The highest BCUT2D eigenvalue weighted by Gasteiger charge is 2.18. The number of benzene rings is 1. The van der Waals surface area contributed by atoms with E-state index >= 15 is 0 Å². The van der Waals surface area contributed by atoms with E-state index in [4.69, 9.17) is 16.3 Å². The van der Waals surface area contributed by atoms with Crippen molar-refractivity contribution in [1.29, 1.82) is 0 Å². The summed E-state index contributed by atoms with van der Waals surface area (Å²) in [5.74, 6) is 0. The molecule has 2 heteroatoms. The maximum absolute atomic E-state index is 6.63. The van der Waals surface area contributed by atoms with Crippen molar-refractivity contribution in [3.8, 4) is 0 Å². The SMILES string of the molecule is Cc1cc(C)c(C(Cl)CCC2CCCCO2)c(C)c1. The van der Waals surface area contributed by atoms with E-state index in [-0.39, 0.29) is 5.38 Å². The molecule has 1 aliphatic rings. The van der Waals surface area contributed by atoms with Crippen LogP contribution in [-0.2, 0) is 4.74 Å². The first-order chi connectivity index (χ1) is 9.08. The molecule has 1 fully saturated rings. The fraction of sp³-hybridized carbons (Fsp3) is 0.647. The molecule has 1 heterocycles. The minimum atomic E-state index is 0.117. The summed E-state index contributed by atoms with van der Waals surface area (Å²) in [6.07, 6.45) is 6.26. The number of hydrogen-bond donors (Lipinski definition) is 0. The second kappa shape index (κ2) is 6.76. The summed E-state index contributed by atoms with van der Waals surface area (Å²) in [6.45, 7) is 7.41. The van der Waals surface area contributed by atoms with Crippen LogP contribution in [0.4, 0.5) is 0 Å². The van der Waals surface area contributed by atoms with E-state index < -0.39 is 0 Å². The average molecular weight is 281 g/mol. The minimum absolute atomic E-state index is 0.117. The van der Waals surface area contributed by atoms with Crippen molar-refractivity contribution in [2.75, 3.05) is 6.61 Å². The lowest BCUT2D eigenvalue weighted by molar-refractivity contribution is 0.00999. The van der Waals surface area contributed by atoms with Crippen LogP contribution in [0.25, 0.3) is 0 Å². The van der Waals surface area contributed by atoms with Gasteiger partial charge in [0.05, 0.1) is 11.5 Å². The molecule has 106 valence electrons. The highest BCUT2D eigenvalue weighted by Crippen LogP contribution is 2.33. The highest BCUT2D eigenvalue weighted by molar-refractivity contribution is 6.21. The van der Waals surface area contributed by atoms with E-state index in [2.05, 4.69) is 32.9 Å². The van der Waals surface area contributed by atoms with Gasteiger partial charge in [-0.05, 0) is 69.6 Å². The highest BCUT2D eigenvalue weighted by atomic mass is 35.5. The first kappa shape index (κ1) is 14.9. The molecule has 0 aromatic heterocycles. The molecule has 1 saturated heterocycles. The van der Waals surface area contributed by atoms with E-state index in [0.29, 0.717) is 6.10 Å². The van der Waals surface area contributed by atoms with Gasteiger partial charge in [-0.3, -0.25) is 0 Å². The molecule has 2 atom stereocenters. The molecule has 0 amide bonds. The lowest BCUT2D eigenvalue weighted by atomic mass is 9.94. The molecule has 1 aromatic rings. The maximum Gasteiger partial charge on any atom is 0.0591 e. The zero-order valence-corrected chi connectivity index (χ0v) is 13.1. The van der Waals surface area contributed by atoms with Gasteiger partial charge in [-0.25, -0.2) is 0 Å². The van der Waals surface area contributed by atoms with Crippen LogP contribution in [0.5, 0.6) is 0 Å². The van der Waals surface area contributed by atoms with Gasteiger partial charge in [0.1, 0.15) is 0 Å². The van der Waals surface area contributed by atoms with Crippen molar-refractivity contribution in [3.63, 3.8) is 0 Å². The molecule has 19 heavy (non-hydrogen) atoms. The molecule has 2 rings (SSSR count). The standard InChI is InChI=1S/C17H25ClO/c1-12-10-13(2)17(14(3)11-12)16(18)8-7-15-6-4-5-9-19-15/h10-11,15-16H,4-9H2,1-3H3. The average Bonchev–Trinajstić information content (AvgIpc) is 2.36. The van der Waals surface area contributed by atoms with E-state index in [9.17, 15) is 0 Å². The van der Waals surface area contributed by atoms with Gasteiger partial charge in [-0.1, -0.05) is 17.7 Å². The Morgan fingerprint density at radius 2 is 1.89 bits per heavy atom. The van der Waals surface area contributed by atoms with Crippen LogP contribution >= 0.6 is 11.6 Å². The summed E-state index contributed by atoms with van der Waals surface area (Å²) in [6, 6.07) is 4.46. The minimum Gasteiger partial charge on any atom is -0.378 e. The van der Waals surface area contributed by atoms with E-state index in [1.807, 2.05) is 0 Å². The number of rotatable bonds is 4. The molecule has 1 aliphatic heterocycles. The van der Waals surface area contributed by atoms with Crippen molar-refractivity contribution in [1.82, 2.24) is 0 Å². The number of ether oxygens (including phenoxy) is 1. The van der Waals surface area contributed by atoms with Gasteiger partial charge in [0, 0.05) is 6.61 Å². The molecule has 2 unspecified atom stereocenters. The Morgan fingerprint density at radius 1 is 1.21 bits per heavy atom. The first-order valence-electron chi connectivity index (χ1n) is 7.41. The first-order valence-corrected chi connectivity index (χ1v) is 7.85. The fourth-order valence-electron chi connectivity index (χ4n) is 3.20. The molecule has 0 radical (unpaired) electrons. The lowest BCUT2D eigenvalue weighted by Crippen LogP contribution is -2.19. The Bertz CT molecular complexity index is 398. The topological polar surface area (TPSA) is 9.23 Å². The van der Waals surface area contributed by atoms with Crippen molar-refractivity contribution >= 4 is 11.6 Å². The molecule has 1 aromatic carbocycles. The molecule has 0 N–H and O–H groups in total.